The Bertz CT molecular complexity index is 1590. The highest BCUT2D eigenvalue weighted by Crippen LogP contribution is 2.31. The number of hydrogen-bond donors (Lipinski definition) is 0. The van der Waals surface area contributed by atoms with E-state index in [1.807, 2.05) is 24.3 Å². The monoisotopic (exact) mass is 540 g/mol. The van der Waals surface area contributed by atoms with E-state index in [4.69, 9.17) is 9.15 Å². The van der Waals surface area contributed by atoms with E-state index in [0.29, 0.717) is 41.3 Å². The van der Waals surface area contributed by atoms with Crippen molar-refractivity contribution >= 4 is 40.2 Å². The number of oxazole rings is 1. The first-order valence-corrected chi connectivity index (χ1v) is 12.9. The fraction of sp³-hybridized carbons (Fsp3) is 0.241. The van der Waals surface area contributed by atoms with Gasteiger partial charge in [0.2, 0.25) is 11.8 Å². The summed E-state index contributed by atoms with van der Waals surface area (Å²) in [5.74, 6) is -1.15. The molecule has 3 heterocycles. The van der Waals surface area contributed by atoms with Gasteiger partial charge in [-0.1, -0.05) is 18.2 Å². The van der Waals surface area contributed by atoms with Crippen molar-refractivity contribution in [1.29, 1.82) is 0 Å². The Labute approximate surface area is 228 Å². The van der Waals surface area contributed by atoms with Gasteiger partial charge in [0.05, 0.1) is 23.1 Å². The van der Waals surface area contributed by atoms with E-state index < -0.39 is 28.7 Å². The largest absolute Gasteiger partial charge is 0.436 e. The lowest BCUT2D eigenvalue weighted by molar-refractivity contribution is -0.384. The average Bonchev–Trinajstić information content (AvgIpc) is 3.71. The van der Waals surface area contributed by atoms with Gasteiger partial charge in [-0.05, 0) is 55.3 Å². The van der Waals surface area contributed by atoms with E-state index in [0.717, 1.165) is 11.3 Å². The summed E-state index contributed by atoms with van der Waals surface area (Å²) in [6, 6.07) is 18.4. The number of benzene rings is 3. The van der Waals surface area contributed by atoms with Gasteiger partial charge in [-0.3, -0.25) is 24.5 Å². The van der Waals surface area contributed by atoms with Crippen molar-refractivity contribution in [3.63, 3.8) is 0 Å². The molecule has 3 amide bonds. The number of anilines is 1. The number of nitro benzene ring substituents is 1. The van der Waals surface area contributed by atoms with Crippen LogP contribution in [0.15, 0.2) is 77.2 Å². The van der Waals surface area contributed by atoms with Crippen molar-refractivity contribution in [2.24, 2.45) is 0 Å². The Kier molecular flexibility index (Phi) is 6.56. The quantitative estimate of drug-likeness (QED) is 0.192. The molecule has 6 rings (SSSR count). The Morgan fingerprint density at radius 1 is 1.07 bits per heavy atom. The molecule has 0 aliphatic carbocycles. The van der Waals surface area contributed by atoms with E-state index in [9.17, 15) is 24.5 Å². The van der Waals surface area contributed by atoms with Crippen LogP contribution in [0.2, 0.25) is 0 Å². The van der Waals surface area contributed by atoms with E-state index in [1.165, 1.54) is 29.2 Å². The number of amides is 3. The number of rotatable bonds is 7. The fourth-order valence-electron chi connectivity index (χ4n) is 5.16. The van der Waals surface area contributed by atoms with E-state index in [1.54, 1.807) is 24.3 Å². The summed E-state index contributed by atoms with van der Waals surface area (Å²) < 4.78 is 11.5. The summed E-state index contributed by atoms with van der Waals surface area (Å²) in [4.78, 5) is 58.0. The van der Waals surface area contributed by atoms with Crippen LogP contribution in [0.3, 0.4) is 0 Å². The molecule has 11 heteroatoms. The zero-order chi connectivity index (χ0) is 27.8. The first-order chi connectivity index (χ1) is 19.4. The van der Waals surface area contributed by atoms with Gasteiger partial charge in [0, 0.05) is 36.4 Å². The van der Waals surface area contributed by atoms with Crippen LogP contribution in [-0.2, 0) is 14.3 Å². The molecule has 2 fully saturated rings. The van der Waals surface area contributed by atoms with Crippen molar-refractivity contribution < 1.29 is 28.5 Å². The molecule has 3 aromatic carbocycles. The predicted molar refractivity (Wildman–Crippen MR) is 143 cm³/mol. The Hall–Kier alpha value is -4.90. The van der Waals surface area contributed by atoms with Gasteiger partial charge in [0.15, 0.2) is 5.58 Å². The molecule has 4 aromatic rings. The lowest BCUT2D eigenvalue weighted by Crippen LogP contribution is -2.48. The number of nitrogens with zero attached hydrogens (tertiary/aromatic N) is 4. The van der Waals surface area contributed by atoms with E-state index in [2.05, 4.69) is 4.98 Å². The second kappa shape index (κ2) is 10.3. The van der Waals surface area contributed by atoms with Crippen LogP contribution < -0.4 is 4.90 Å². The normalized spacial score (nSPS) is 18.9. The molecule has 40 heavy (non-hydrogen) atoms. The van der Waals surface area contributed by atoms with Crippen LogP contribution >= 0.6 is 0 Å². The third kappa shape index (κ3) is 4.71. The summed E-state index contributed by atoms with van der Waals surface area (Å²) >= 11 is 0. The average molecular weight is 541 g/mol. The van der Waals surface area contributed by atoms with Gasteiger partial charge >= 0.3 is 0 Å². The molecule has 0 radical (unpaired) electrons. The molecule has 0 bridgehead atoms. The lowest BCUT2D eigenvalue weighted by Gasteiger charge is -2.29. The third-order valence-electron chi connectivity index (χ3n) is 7.15. The summed E-state index contributed by atoms with van der Waals surface area (Å²) in [6.45, 7) is 0.634. The number of aromatic nitrogens is 1. The lowest BCUT2D eigenvalue weighted by atomic mass is 10.1. The number of hydrogen-bond acceptors (Lipinski definition) is 8. The van der Waals surface area contributed by atoms with E-state index >= 15 is 0 Å². The maximum atomic E-state index is 13.6. The third-order valence-corrected chi connectivity index (χ3v) is 7.15. The highest BCUT2D eigenvalue weighted by Gasteiger charge is 2.45. The first kappa shape index (κ1) is 25.4. The highest BCUT2D eigenvalue weighted by molar-refractivity contribution is 6.23. The second-order valence-electron chi connectivity index (χ2n) is 9.72. The minimum Gasteiger partial charge on any atom is -0.436 e. The number of imide groups is 1. The number of carbonyl (C=O) groups excluding carboxylic acids is 3. The molecule has 0 N–H and O–H groups in total. The number of fused-ring (bicyclic) bond motifs is 1. The van der Waals surface area contributed by atoms with Gasteiger partial charge in [-0.2, -0.15) is 0 Å². The molecule has 0 saturated carbocycles. The molecular formula is C29H24N4O7. The number of para-hydroxylation sites is 2. The van der Waals surface area contributed by atoms with Gasteiger partial charge in [0.25, 0.3) is 17.5 Å². The molecule has 1 aromatic heterocycles. The van der Waals surface area contributed by atoms with Gasteiger partial charge in [-0.25, -0.2) is 9.88 Å². The van der Waals surface area contributed by atoms with Crippen molar-refractivity contribution in [3.8, 4) is 11.5 Å². The summed E-state index contributed by atoms with van der Waals surface area (Å²) in [5, 5.41) is 11.3. The highest BCUT2D eigenvalue weighted by atomic mass is 16.6. The van der Waals surface area contributed by atoms with Crippen LogP contribution in [0.4, 0.5) is 11.4 Å². The zero-order valence-corrected chi connectivity index (χ0v) is 21.3. The number of carbonyl (C=O) groups is 3. The molecule has 2 unspecified atom stereocenters. The minimum atomic E-state index is -1.07. The summed E-state index contributed by atoms with van der Waals surface area (Å²) in [6.07, 6.45) is 1.02. The van der Waals surface area contributed by atoms with Gasteiger partial charge < -0.3 is 14.1 Å². The molecule has 11 nitrogen and oxygen atoms in total. The maximum Gasteiger partial charge on any atom is 0.270 e. The van der Waals surface area contributed by atoms with Crippen LogP contribution in [-0.4, -0.2) is 57.8 Å². The molecule has 2 aliphatic heterocycles. The Morgan fingerprint density at radius 2 is 1.88 bits per heavy atom. The van der Waals surface area contributed by atoms with Crippen molar-refractivity contribution in [3.05, 3.63) is 88.5 Å². The first-order valence-electron chi connectivity index (χ1n) is 12.9. The predicted octanol–water partition coefficient (Wildman–Crippen LogP) is 4.36. The summed E-state index contributed by atoms with van der Waals surface area (Å²) in [5.41, 5.74) is 2.22. The zero-order valence-electron chi connectivity index (χ0n) is 21.3. The fourth-order valence-corrected chi connectivity index (χ4v) is 5.16. The van der Waals surface area contributed by atoms with Crippen molar-refractivity contribution in [2.45, 2.75) is 31.4 Å². The topological polar surface area (TPSA) is 136 Å². The number of non-ortho nitro benzene ring substituents is 1. The van der Waals surface area contributed by atoms with Crippen molar-refractivity contribution in [1.82, 2.24) is 9.88 Å². The Morgan fingerprint density at radius 3 is 2.60 bits per heavy atom. The van der Waals surface area contributed by atoms with Crippen LogP contribution in [0, 0.1) is 10.1 Å². The number of ether oxygens (including phenoxy) is 1. The second-order valence-corrected chi connectivity index (χ2v) is 9.72. The summed E-state index contributed by atoms with van der Waals surface area (Å²) in [7, 11) is 0. The standard InChI is InChI=1S/C29H24N4O7/c34-26-16-24(31(17-22-7-4-14-39-22)28(35)19-5-3-6-21(15-19)33(37)38)29(36)32(26)20-12-10-18(11-13-20)27-30-23-8-1-2-9-25(23)40-27/h1-3,5-6,8-13,15,22,24H,4,7,14,16-17H2. The molecule has 0 spiro atoms. The molecule has 2 atom stereocenters. The van der Waals surface area contributed by atoms with E-state index in [-0.39, 0.29) is 30.3 Å². The smallest absolute Gasteiger partial charge is 0.270 e. The van der Waals surface area contributed by atoms with Crippen molar-refractivity contribution in [2.75, 3.05) is 18.1 Å². The van der Waals surface area contributed by atoms with Crippen LogP contribution in [0.5, 0.6) is 0 Å². The molecule has 2 saturated heterocycles. The van der Waals surface area contributed by atoms with Gasteiger partial charge in [0.1, 0.15) is 11.6 Å². The van der Waals surface area contributed by atoms with Crippen LogP contribution in [0.25, 0.3) is 22.6 Å². The Balaban J connectivity index is 1.27. The maximum absolute atomic E-state index is 13.6. The number of nitro groups is 1. The minimum absolute atomic E-state index is 0.0635. The van der Waals surface area contributed by atoms with Crippen LogP contribution in [0.1, 0.15) is 29.6 Å². The molecule has 2 aliphatic rings. The van der Waals surface area contributed by atoms with Gasteiger partial charge in [-0.15, -0.1) is 0 Å². The SMILES string of the molecule is O=C1CC(N(CC2CCCO2)C(=O)c2cccc([N+](=O)[O-])c2)C(=O)N1c1ccc(-c2nc3ccccc3o2)cc1. The molecular weight excluding hydrogens is 516 g/mol. The molecule has 202 valence electrons.